The molecule has 4 nitrogen and oxygen atoms in total. The monoisotopic (exact) mass is 303 g/mol. The molecular formula is C14H16F3NO3. The Morgan fingerprint density at radius 3 is 2.62 bits per heavy atom. The van der Waals surface area contributed by atoms with Gasteiger partial charge < -0.3 is 14.7 Å². The van der Waals surface area contributed by atoms with Crippen molar-refractivity contribution in [2.45, 2.75) is 32.2 Å². The lowest BCUT2D eigenvalue weighted by Crippen LogP contribution is -2.48. The topological polar surface area (TPSA) is 49.8 Å². The van der Waals surface area contributed by atoms with E-state index in [0.717, 1.165) is 6.07 Å². The highest BCUT2D eigenvalue weighted by molar-refractivity contribution is 5.95. The molecule has 1 fully saturated rings. The van der Waals surface area contributed by atoms with Gasteiger partial charge in [0.2, 0.25) is 0 Å². The number of hydrogen-bond acceptors (Lipinski definition) is 3. The number of carboxylic acids is 1. The summed E-state index contributed by atoms with van der Waals surface area (Å²) in [6, 6.07) is 2.72. The second-order valence-corrected chi connectivity index (χ2v) is 5.18. The summed E-state index contributed by atoms with van der Waals surface area (Å²) in [6.07, 6.45) is -4.67. The third-order valence-corrected chi connectivity index (χ3v) is 3.47. The van der Waals surface area contributed by atoms with E-state index in [1.807, 2.05) is 13.8 Å². The SMILES string of the molecule is CC1CN(c2ccc(C(F)(F)F)cc2C(=O)O)C(C)CO1. The fourth-order valence-corrected chi connectivity index (χ4v) is 2.37. The Kier molecular flexibility index (Phi) is 4.13. The molecule has 0 spiro atoms. The van der Waals surface area contributed by atoms with E-state index in [1.54, 1.807) is 4.90 Å². The number of alkyl halides is 3. The first-order chi connectivity index (χ1) is 9.70. The number of hydrogen-bond donors (Lipinski definition) is 1. The molecule has 1 aromatic rings. The first-order valence-electron chi connectivity index (χ1n) is 6.53. The number of carboxylic acid groups (broad SMARTS) is 1. The number of benzene rings is 1. The number of morpholine rings is 1. The maximum Gasteiger partial charge on any atom is 0.416 e. The van der Waals surface area contributed by atoms with Crippen molar-refractivity contribution in [3.05, 3.63) is 29.3 Å². The van der Waals surface area contributed by atoms with Crippen LogP contribution in [0.5, 0.6) is 0 Å². The Bertz CT molecular complexity index is 545. The van der Waals surface area contributed by atoms with Gasteiger partial charge in [0.05, 0.1) is 29.5 Å². The smallest absolute Gasteiger partial charge is 0.416 e. The number of ether oxygens (including phenoxy) is 1. The summed E-state index contributed by atoms with van der Waals surface area (Å²) in [4.78, 5) is 13.1. The highest BCUT2D eigenvalue weighted by Gasteiger charge is 2.33. The van der Waals surface area contributed by atoms with Crippen LogP contribution in [0.25, 0.3) is 0 Å². The van der Waals surface area contributed by atoms with Gasteiger partial charge in [-0.15, -0.1) is 0 Å². The minimum atomic E-state index is -4.56. The van der Waals surface area contributed by atoms with Crippen molar-refractivity contribution >= 4 is 11.7 Å². The molecule has 1 saturated heterocycles. The molecule has 0 aliphatic carbocycles. The minimum absolute atomic E-state index is 0.101. The third-order valence-electron chi connectivity index (χ3n) is 3.47. The molecule has 0 bridgehead atoms. The van der Waals surface area contributed by atoms with Gasteiger partial charge in [-0.05, 0) is 32.0 Å². The molecule has 1 aromatic carbocycles. The Hall–Kier alpha value is -1.76. The van der Waals surface area contributed by atoms with Crippen molar-refractivity contribution in [3.8, 4) is 0 Å². The van der Waals surface area contributed by atoms with Gasteiger partial charge in [-0.2, -0.15) is 13.2 Å². The average molecular weight is 303 g/mol. The van der Waals surface area contributed by atoms with Crippen LogP contribution in [-0.2, 0) is 10.9 Å². The van der Waals surface area contributed by atoms with Gasteiger partial charge in [0.15, 0.2) is 0 Å². The van der Waals surface area contributed by atoms with Crippen molar-refractivity contribution in [2.24, 2.45) is 0 Å². The first-order valence-corrected chi connectivity index (χ1v) is 6.53. The maximum absolute atomic E-state index is 12.7. The van der Waals surface area contributed by atoms with Gasteiger partial charge in [-0.1, -0.05) is 0 Å². The van der Waals surface area contributed by atoms with E-state index < -0.39 is 17.7 Å². The molecule has 2 atom stereocenters. The predicted molar refractivity (Wildman–Crippen MR) is 70.6 cm³/mol. The summed E-state index contributed by atoms with van der Waals surface area (Å²) < 4.78 is 43.6. The summed E-state index contributed by atoms with van der Waals surface area (Å²) in [5.74, 6) is -1.37. The van der Waals surface area contributed by atoms with Gasteiger partial charge in [-0.25, -0.2) is 4.79 Å². The van der Waals surface area contributed by atoms with Crippen molar-refractivity contribution in [3.63, 3.8) is 0 Å². The van der Waals surface area contributed by atoms with Crippen LogP contribution in [0.1, 0.15) is 29.8 Å². The number of nitrogens with zero attached hydrogens (tertiary/aromatic N) is 1. The van der Waals surface area contributed by atoms with E-state index in [1.165, 1.54) is 6.07 Å². The second-order valence-electron chi connectivity index (χ2n) is 5.18. The van der Waals surface area contributed by atoms with Crippen molar-refractivity contribution in [1.82, 2.24) is 0 Å². The van der Waals surface area contributed by atoms with Crippen LogP contribution in [0, 0.1) is 0 Å². The van der Waals surface area contributed by atoms with Crippen molar-refractivity contribution in [2.75, 3.05) is 18.1 Å². The van der Waals surface area contributed by atoms with Crippen LogP contribution in [0.2, 0.25) is 0 Å². The molecule has 0 saturated carbocycles. The molecule has 1 N–H and O–H groups in total. The quantitative estimate of drug-likeness (QED) is 0.912. The van der Waals surface area contributed by atoms with E-state index in [9.17, 15) is 23.1 Å². The Morgan fingerprint density at radius 1 is 1.38 bits per heavy atom. The van der Waals surface area contributed by atoms with Gasteiger partial charge in [0.25, 0.3) is 0 Å². The number of carbonyl (C=O) groups is 1. The van der Waals surface area contributed by atoms with E-state index in [-0.39, 0.29) is 23.4 Å². The maximum atomic E-state index is 12.7. The largest absolute Gasteiger partial charge is 0.478 e. The van der Waals surface area contributed by atoms with E-state index in [2.05, 4.69) is 0 Å². The second kappa shape index (κ2) is 5.55. The van der Waals surface area contributed by atoms with Gasteiger partial charge in [0, 0.05) is 12.6 Å². The zero-order valence-corrected chi connectivity index (χ0v) is 11.6. The van der Waals surface area contributed by atoms with E-state index in [4.69, 9.17) is 4.74 Å². The zero-order chi connectivity index (χ0) is 15.8. The molecule has 1 aliphatic rings. The Labute approximate surface area is 120 Å². The highest BCUT2D eigenvalue weighted by Crippen LogP contribution is 2.34. The van der Waals surface area contributed by atoms with Crippen molar-refractivity contribution in [1.29, 1.82) is 0 Å². The first kappa shape index (κ1) is 15.6. The molecule has 2 unspecified atom stereocenters. The van der Waals surface area contributed by atoms with Gasteiger partial charge >= 0.3 is 12.1 Å². The molecule has 0 aromatic heterocycles. The van der Waals surface area contributed by atoms with Crippen LogP contribution in [0.3, 0.4) is 0 Å². The molecule has 1 heterocycles. The third kappa shape index (κ3) is 3.29. The summed E-state index contributed by atoms with van der Waals surface area (Å²) in [5, 5.41) is 9.21. The fraction of sp³-hybridized carbons (Fsp3) is 0.500. The summed E-state index contributed by atoms with van der Waals surface area (Å²) in [7, 11) is 0. The molecule has 1 aliphatic heterocycles. The fourth-order valence-electron chi connectivity index (χ4n) is 2.37. The van der Waals surface area contributed by atoms with Gasteiger partial charge in [-0.3, -0.25) is 0 Å². The number of anilines is 1. The van der Waals surface area contributed by atoms with Crippen LogP contribution in [0.15, 0.2) is 18.2 Å². The van der Waals surface area contributed by atoms with Crippen LogP contribution in [0.4, 0.5) is 18.9 Å². The lowest BCUT2D eigenvalue weighted by Gasteiger charge is -2.39. The van der Waals surface area contributed by atoms with E-state index >= 15 is 0 Å². The normalized spacial score (nSPS) is 23.2. The minimum Gasteiger partial charge on any atom is -0.478 e. The van der Waals surface area contributed by atoms with Crippen LogP contribution in [-0.4, -0.2) is 36.4 Å². The molecular weight excluding hydrogens is 287 g/mol. The zero-order valence-electron chi connectivity index (χ0n) is 11.6. The Balaban J connectivity index is 2.45. The standard InChI is InChI=1S/C14H16F3NO3/c1-8-7-21-9(2)6-18(8)12-4-3-10(14(15,16)17)5-11(12)13(19)20/h3-5,8-9H,6-7H2,1-2H3,(H,19,20). The Morgan fingerprint density at radius 2 is 2.05 bits per heavy atom. The molecule has 7 heteroatoms. The van der Waals surface area contributed by atoms with E-state index in [0.29, 0.717) is 19.2 Å². The average Bonchev–Trinajstić information content (AvgIpc) is 2.40. The number of halogens is 3. The number of rotatable bonds is 2. The number of aromatic carboxylic acids is 1. The summed E-state index contributed by atoms with van der Waals surface area (Å²) in [5.41, 5.74) is -1.01. The highest BCUT2D eigenvalue weighted by atomic mass is 19.4. The van der Waals surface area contributed by atoms with Crippen LogP contribution < -0.4 is 4.90 Å². The summed E-state index contributed by atoms with van der Waals surface area (Å²) >= 11 is 0. The molecule has 0 amide bonds. The van der Waals surface area contributed by atoms with Crippen LogP contribution >= 0.6 is 0 Å². The van der Waals surface area contributed by atoms with Crippen molar-refractivity contribution < 1.29 is 27.8 Å². The lowest BCUT2D eigenvalue weighted by molar-refractivity contribution is -0.137. The molecule has 2 rings (SSSR count). The van der Waals surface area contributed by atoms with Gasteiger partial charge in [0.1, 0.15) is 0 Å². The molecule has 116 valence electrons. The molecule has 21 heavy (non-hydrogen) atoms. The lowest BCUT2D eigenvalue weighted by atomic mass is 10.0. The summed E-state index contributed by atoms with van der Waals surface area (Å²) in [6.45, 7) is 4.52. The molecule has 0 radical (unpaired) electrons. The predicted octanol–water partition coefficient (Wildman–Crippen LogP) is 3.02.